The van der Waals surface area contributed by atoms with Gasteiger partial charge in [0.2, 0.25) is 0 Å². The SMILES string of the molecule is Nc1nccc(Oc2ccc([N+](=O)[O-])cc2F)c1C#CCO. The molecule has 0 atom stereocenters. The van der Waals surface area contributed by atoms with E-state index in [0.29, 0.717) is 0 Å². The van der Waals surface area contributed by atoms with Crippen molar-refractivity contribution in [1.82, 2.24) is 4.98 Å². The normalized spacial score (nSPS) is 9.73. The molecule has 0 saturated heterocycles. The van der Waals surface area contributed by atoms with Gasteiger partial charge in [0.1, 0.15) is 23.7 Å². The number of anilines is 1. The van der Waals surface area contributed by atoms with E-state index in [4.69, 9.17) is 15.6 Å². The standard InChI is InChI=1S/C14H10FN3O4/c15-11-8-9(18(20)21)3-4-13(11)22-12-5-6-17-14(16)10(12)2-1-7-19/h3-6,8,19H,7H2,(H2,16,17). The third kappa shape index (κ3) is 3.28. The first-order chi connectivity index (χ1) is 10.5. The largest absolute Gasteiger partial charge is 0.453 e. The number of aliphatic hydroxyl groups is 1. The molecule has 0 aliphatic rings. The molecule has 1 aromatic carbocycles. The molecule has 0 bridgehead atoms. The number of aliphatic hydroxyl groups excluding tert-OH is 1. The molecular formula is C14H10FN3O4. The smallest absolute Gasteiger partial charge is 0.272 e. The fourth-order valence-corrected chi connectivity index (χ4v) is 1.60. The molecule has 0 aliphatic carbocycles. The summed E-state index contributed by atoms with van der Waals surface area (Å²) in [5.74, 6) is 4.02. The van der Waals surface area contributed by atoms with Gasteiger partial charge in [-0.05, 0) is 6.07 Å². The van der Waals surface area contributed by atoms with Gasteiger partial charge >= 0.3 is 0 Å². The second-order valence-corrected chi connectivity index (χ2v) is 4.00. The number of ether oxygens (including phenoxy) is 1. The van der Waals surface area contributed by atoms with E-state index >= 15 is 0 Å². The molecule has 1 heterocycles. The zero-order valence-corrected chi connectivity index (χ0v) is 11.1. The number of nitro benzene ring substituents is 1. The number of hydrogen-bond acceptors (Lipinski definition) is 6. The van der Waals surface area contributed by atoms with Crippen molar-refractivity contribution in [1.29, 1.82) is 0 Å². The molecule has 0 amide bonds. The maximum Gasteiger partial charge on any atom is 0.272 e. The molecule has 8 heteroatoms. The molecule has 0 unspecified atom stereocenters. The molecule has 2 rings (SSSR count). The lowest BCUT2D eigenvalue weighted by Crippen LogP contribution is -1.99. The minimum Gasteiger partial charge on any atom is -0.453 e. The Labute approximate surface area is 124 Å². The highest BCUT2D eigenvalue weighted by Crippen LogP contribution is 2.30. The van der Waals surface area contributed by atoms with Crippen molar-refractivity contribution >= 4 is 11.5 Å². The Morgan fingerprint density at radius 3 is 2.82 bits per heavy atom. The van der Waals surface area contributed by atoms with Crippen LogP contribution in [-0.2, 0) is 0 Å². The van der Waals surface area contributed by atoms with Crippen LogP contribution in [0.4, 0.5) is 15.9 Å². The van der Waals surface area contributed by atoms with E-state index in [-0.39, 0.29) is 35.2 Å². The van der Waals surface area contributed by atoms with Gasteiger partial charge in [-0.2, -0.15) is 0 Å². The van der Waals surface area contributed by atoms with E-state index < -0.39 is 10.7 Å². The minimum atomic E-state index is -0.898. The molecule has 112 valence electrons. The third-order valence-corrected chi connectivity index (χ3v) is 2.58. The Morgan fingerprint density at radius 1 is 1.41 bits per heavy atom. The molecule has 1 aromatic heterocycles. The summed E-state index contributed by atoms with van der Waals surface area (Å²) in [5, 5.41) is 19.3. The van der Waals surface area contributed by atoms with E-state index in [1.807, 2.05) is 0 Å². The summed E-state index contributed by atoms with van der Waals surface area (Å²) in [6.07, 6.45) is 1.35. The van der Waals surface area contributed by atoms with Crippen molar-refractivity contribution in [3.8, 4) is 23.3 Å². The average molecular weight is 303 g/mol. The van der Waals surface area contributed by atoms with Crippen molar-refractivity contribution in [2.75, 3.05) is 12.3 Å². The average Bonchev–Trinajstić information content (AvgIpc) is 2.48. The third-order valence-electron chi connectivity index (χ3n) is 2.58. The van der Waals surface area contributed by atoms with E-state index in [9.17, 15) is 14.5 Å². The lowest BCUT2D eigenvalue weighted by molar-refractivity contribution is -0.385. The fourth-order valence-electron chi connectivity index (χ4n) is 1.60. The fraction of sp³-hybridized carbons (Fsp3) is 0.0714. The Kier molecular flexibility index (Phi) is 4.50. The van der Waals surface area contributed by atoms with Crippen LogP contribution < -0.4 is 10.5 Å². The van der Waals surface area contributed by atoms with Crippen molar-refractivity contribution in [2.24, 2.45) is 0 Å². The van der Waals surface area contributed by atoms with Crippen LogP contribution in [0.5, 0.6) is 11.5 Å². The molecule has 0 fully saturated rings. The van der Waals surface area contributed by atoms with Crippen LogP contribution in [0.1, 0.15) is 5.56 Å². The van der Waals surface area contributed by atoms with Gasteiger partial charge in [0.15, 0.2) is 11.6 Å². The highest BCUT2D eigenvalue weighted by atomic mass is 19.1. The van der Waals surface area contributed by atoms with Gasteiger partial charge in [-0.15, -0.1) is 0 Å². The highest BCUT2D eigenvalue weighted by Gasteiger charge is 2.14. The summed E-state index contributed by atoms with van der Waals surface area (Å²) < 4.78 is 19.2. The maximum atomic E-state index is 13.8. The number of nitrogens with zero attached hydrogens (tertiary/aromatic N) is 2. The maximum absolute atomic E-state index is 13.8. The molecule has 2 aromatic rings. The predicted molar refractivity (Wildman–Crippen MR) is 75.7 cm³/mol. The second kappa shape index (κ2) is 6.51. The molecule has 0 saturated carbocycles. The summed E-state index contributed by atoms with van der Waals surface area (Å²) in [6.45, 7) is -0.389. The summed E-state index contributed by atoms with van der Waals surface area (Å²) in [4.78, 5) is 13.7. The van der Waals surface area contributed by atoms with Gasteiger partial charge in [0.05, 0.1) is 11.0 Å². The zero-order valence-electron chi connectivity index (χ0n) is 11.1. The molecule has 22 heavy (non-hydrogen) atoms. The summed E-state index contributed by atoms with van der Waals surface area (Å²) in [6, 6.07) is 4.41. The van der Waals surface area contributed by atoms with Crippen LogP contribution in [-0.4, -0.2) is 21.6 Å². The highest BCUT2D eigenvalue weighted by molar-refractivity contribution is 5.59. The molecule has 0 spiro atoms. The molecule has 0 aliphatic heterocycles. The lowest BCUT2D eigenvalue weighted by atomic mass is 10.2. The lowest BCUT2D eigenvalue weighted by Gasteiger charge is -2.09. The van der Waals surface area contributed by atoms with Gasteiger partial charge < -0.3 is 15.6 Å². The summed E-state index contributed by atoms with van der Waals surface area (Å²) in [5.41, 5.74) is 5.46. The molecule has 0 radical (unpaired) electrons. The first kappa shape index (κ1) is 15.2. The molecule has 3 N–H and O–H groups in total. The number of benzene rings is 1. The Balaban J connectivity index is 2.39. The van der Waals surface area contributed by atoms with Crippen LogP contribution in [0.2, 0.25) is 0 Å². The second-order valence-electron chi connectivity index (χ2n) is 4.00. The van der Waals surface area contributed by atoms with Gasteiger partial charge in [0, 0.05) is 18.3 Å². The van der Waals surface area contributed by atoms with Crippen molar-refractivity contribution in [3.05, 3.63) is 52.0 Å². The zero-order chi connectivity index (χ0) is 16.1. The number of nitro groups is 1. The van der Waals surface area contributed by atoms with E-state index in [2.05, 4.69) is 16.8 Å². The number of aromatic nitrogens is 1. The van der Waals surface area contributed by atoms with E-state index in [1.54, 1.807) is 0 Å². The molecule has 7 nitrogen and oxygen atoms in total. The Hall–Kier alpha value is -3.18. The minimum absolute atomic E-state index is 0.0563. The predicted octanol–water partition coefficient (Wildman–Crippen LogP) is 1.85. The van der Waals surface area contributed by atoms with Crippen molar-refractivity contribution < 1.29 is 19.2 Å². The number of nitrogen functional groups attached to an aromatic ring is 1. The van der Waals surface area contributed by atoms with Crippen LogP contribution in [0.25, 0.3) is 0 Å². The van der Waals surface area contributed by atoms with Crippen molar-refractivity contribution in [3.63, 3.8) is 0 Å². The van der Waals surface area contributed by atoms with E-state index in [1.165, 1.54) is 12.3 Å². The number of nitrogens with two attached hydrogens (primary N) is 1. The number of halogens is 1. The summed E-state index contributed by atoms with van der Waals surface area (Å²) in [7, 11) is 0. The quantitative estimate of drug-likeness (QED) is 0.508. The van der Waals surface area contributed by atoms with Gasteiger partial charge in [0.25, 0.3) is 5.69 Å². The first-order valence-corrected chi connectivity index (χ1v) is 5.99. The Bertz CT molecular complexity index is 783. The van der Waals surface area contributed by atoms with Crippen LogP contribution >= 0.6 is 0 Å². The van der Waals surface area contributed by atoms with Crippen LogP contribution in [0.3, 0.4) is 0 Å². The topological polar surface area (TPSA) is 112 Å². The van der Waals surface area contributed by atoms with Crippen LogP contribution in [0, 0.1) is 27.8 Å². The Morgan fingerprint density at radius 2 is 2.18 bits per heavy atom. The van der Waals surface area contributed by atoms with Crippen LogP contribution in [0.15, 0.2) is 30.5 Å². The summed E-state index contributed by atoms with van der Waals surface area (Å²) >= 11 is 0. The van der Waals surface area contributed by atoms with Gasteiger partial charge in [-0.3, -0.25) is 10.1 Å². The number of non-ortho nitro benzene ring substituents is 1. The van der Waals surface area contributed by atoms with Gasteiger partial charge in [-0.1, -0.05) is 11.8 Å². The molecular weight excluding hydrogens is 293 g/mol. The monoisotopic (exact) mass is 303 g/mol. The number of pyridine rings is 1. The number of rotatable bonds is 3. The first-order valence-electron chi connectivity index (χ1n) is 5.99. The van der Waals surface area contributed by atoms with Gasteiger partial charge in [-0.25, -0.2) is 9.37 Å². The number of hydrogen-bond donors (Lipinski definition) is 2. The van der Waals surface area contributed by atoms with Crippen molar-refractivity contribution in [2.45, 2.75) is 0 Å². The van der Waals surface area contributed by atoms with E-state index in [0.717, 1.165) is 18.2 Å².